The summed E-state index contributed by atoms with van der Waals surface area (Å²) >= 11 is 0. The van der Waals surface area contributed by atoms with Gasteiger partial charge in [-0.15, -0.1) is 0 Å². The number of ether oxygens (including phenoxy) is 2. The second-order valence-electron chi connectivity index (χ2n) is 8.56. The van der Waals surface area contributed by atoms with Crippen molar-refractivity contribution in [3.63, 3.8) is 0 Å². The Morgan fingerprint density at radius 3 is 2.79 bits per heavy atom. The minimum absolute atomic E-state index is 0.0578. The Bertz CT molecular complexity index is 1270. The third kappa shape index (κ3) is 3.82. The Kier molecular flexibility index (Phi) is 5.49. The predicted octanol–water partition coefficient (Wildman–Crippen LogP) is 2.60. The number of rotatable bonds is 4. The van der Waals surface area contributed by atoms with Crippen LogP contribution >= 0.6 is 0 Å². The SMILES string of the molecule is C[C@@H]1COc2c(N3CCN(C)CC3)c(F)cc3c(=O)c(C(=O)OCc4ccccn4)cn1c23. The maximum absolute atomic E-state index is 15.4. The fourth-order valence-corrected chi connectivity index (χ4v) is 4.38. The van der Waals surface area contributed by atoms with Crippen molar-refractivity contribution in [2.24, 2.45) is 0 Å². The van der Waals surface area contributed by atoms with Crippen LogP contribution in [-0.4, -0.2) is 60.3 Å². The number of benzene rings is 1. The number of esters is 1. The normalized spacial score (nSPS) is 18.3. The van der Waals surface area contributed by atoms with Crippen LogP contribution in [0.15, 0.2) is 41.5 Å². The number of carbonyl (C=O) groups is 1. The Balaban J connectivity index is 1.58. The van der Waals surface area contributed by atoms with E-state index in [4.69, 9.17) is 9.47 Å². The van der Waals surface area contributed by atoms with Crippen LogP contribution in [0.1, 0.15) is 29.0 Å². The van der Waals surface area contributed by atoms with Gasteiger partial charge in [0.25, 0.3) is 0 Å². The average Bonchev–Trinajstić information content (AvgIpc) is 2.82. The summed E-state index contributed by atoms with van der Waals surface area (Å²) in [7, 11) is 2.03. The molecule has 1 saturated heterocycles. The molecule has 0 spiro atoms. The van der Waals surface area contributed by atoms with Gasteiger partial charge < -0.3 is 23.8 Å². The van der Waals surface area contributed by atoms with Gasteiger partial charge in [0, 0.05) is 38.6 Å². The molecule has 1 fully saturated rings. The Hall–Kier alpha value is -3.46. The molecule has 2 aliphatic heterocycles. The van der Waals surface area contributed by atoms with Crippen LogP contribution in [0.25, 0.3) is 10.9 Å². The standard InChI is InChI=1S/C24H25FN4O4/c1-15-13-32-23-20-17(11-19(25)21(23)28-9-7-27(2)8-10-28)22(30)18(12-29(15)20)24(31)33-14-16-5-3-4-6-26-16/h3-6,11-12,15H,7-10,13-14H2,1-2H3/t15-/m1/s1. The van der Waals surface area contributed by atoms with Gasteiger partial charge in [0.1, 0.15) is 24.5 Å². The molecule has 172 valence electrons. The van der Waals surface area contributed by atoms with Crippen molar-refractivity contribution in [3.8, 4) is 5.75 Å². The van der Waals surface area contributed by atoms with Gasteiger partial charge in [0.15, 0.2) is 11.6 Å². The minimum Gasteiger partial charge on any atom is -0.487 e. The number of halogens is 1. The minimum atomic E-state index is -0.764. The summed E-state index contributed by atoms with van der Waals surface area (Å²) in [4.78, 5) is 34.3. The lowest BCUT2D eigenvalue weighted by Gasteiger charge is -2.37. The summed E-state index contributed by atoms with van der Waals surface area (Å²) < 4.78 is 28.5. The molecule has 0 aliphatic carbocycles. The number of carbonyl (C=O) groups excluding carboxylic acids is 1. The maximum atomic E-state index is 15.4. The molecule has 4 heterocycles. The van der Waals surface area contributed by atoms with Gasteiger partial charge >= 0.3 is 5.97 Å². The summed E-state index contributed by atoms with van der Waals surface area (Å²) in [6, 6.07) is 6.36. The van der Waals surface area contributed by atoms with E-state index in [1.54, 1.807) is 24.4 Å². The second kappa shape index (κ2) is 8.47. The molecular weight excluding hydrogens is 427 g/mol. The van der Waals surface area contributed by atoms with Gasteiger partial charge in [-0.25, -0.2) is 9.18 Å². The summed E-state index contributed by atoms with van der Waals surface area (Å²) in [5, 5.41) is 0.110. The van der Waals surface area contributed by atoms with Crippen molar-refractivity contribution in [2.75, 3.05) is 44.7 Å². The smallest absolute Gasteiger partial charge is 0.344 e. The van der Waals surface area contributed by atoms with Crippen molar-refractivity contribution >= 4 is 22.6 Å². The lowest BCUT2D eigenvalue weighted by molar-refractivity contribution is 0.0465. The van der Waals surface area contributed by atoms with Crippen LogP contribution < -0.4 is 15.1 Å². The number of hydrogen-bond donors (Lipinski definition) is 0. The topological polar surface area (TPSA) is 76.9 Å². The fraction of sp³-hybridized carbons (Fsp3) is 0.375. The molecule has 1 aromatic carbocycles. The summed E-state index contributed by atoms with van der Waals surface area (Å²) in [5.74, 6) is -0.933. The van der Waals surface area contributed by atoms with Crippen LogP contribution in [0.4, 0.5) is 10.1 Å². The van der Waals surface area contributed by atoms with Crippen LogP contribution in [0.3, 0.4) is 0 Å². The molecular formula is C24H25FN4O4. The van der Waals surface area contributed by atoms with Crippen molar-refractivity contribution in [2.45, 2.75) is 19.6 Å². The van der Waals surface area contributed by atoms with E-state index in [1.807, 2.05) is 23.4 Å². The first-order valence-electron chi connectivity index (χ1n) is 11.0. The zero-order valence-electron chi connectivity index (χ0n) is 18.6. The van der Waals surface area contributed by atoms with E-state index in [-0.39, 0.29) is 23.6 Å². The van der Waals surface area contributed by atoms with Gasteiger partial charge in [-0.2, -0.15) is 0 Å². The van der Waals surface area contributed by atoms with Crippen molar-refractivity contribution in [1.82, 2.24) is 14.5 Å². The Morgan fingerprint density at radius 2 is 2.06 bits per heavy atom. The molecule has 2 aliphatic rings. The van der Waals surface area contributed by atoms with E-state index < -0.39 is 17.2 Å². The zero-order chi connectivity index (χ0) is 23.1. The van der Waals surface area contributed by atoms with E-state index >= 15 is 4.39 Å². The van der Waals surface area contributed by atoms with Gasteiger partial charge in [0.05, 0.1) is 22.6 Å². The largest absolute Gasteiger partial charge is 0.487 e. The molecule has 0 unspecified atom stereocenters. The molecule has 9 heteroatoms. The lowest BCUT2D eigenvalue weighted by atomic mass is 10.1. The second-order valence-corrected chi connectivity index (χ2v) is 8.56. The van der Waals surface area contributed by atoms with Gasteiger partial charge in [-0.1, -0.05) is 6.07 Å². The van der Waals surface area contributed by atoms with E-state index in [1.165, 1.54) is 12.3 Å². The highest BCUT2D eigenvalue weighted by Gasteiger charge is 2.31. The number of likely N-dealkylation sites (N-methyl/N-ethyl adjacent to an activating group) is 1. The third-order valence-electron chi connectivity index (χ3n) is 6.26. The molecule has 0 amide bonds. The molecule has 1 atom stereocenters. The van der Waals surface area contributed by atoms with Crippen LogP contribution in [0.2, 0.25) is 0 Å². The highest BCUT2D eigenvalue weighted by Crippen LogP contribution is 2.42. The summed E-state index contributed by atoms with van der Waals surface area (Å²) in [5.41, 5.74) is 0.747. The van der Waals surface area contributed by atoms with Crippen LogP contribution in [-0.2, 0) is 11.3 Å². The first kappa shape index (κ1) is 21.4. The molecule has 3 aromatic rings. The van der Waals surface area contributed by atoms with Crippen LogP contribution in [0.5, 0.6) is 5.75 Å². The molecule has 0 saturated carbocycles. The van der Waals surface area contributed by atoms with Gasteiger partial charge in [-0.05, 0) is 32.2 Å². The maximum Gasteiger partial charge on any atom is 0.344 e. The van der Waals surface area contributed by atoms with Crippen molar-refractivity contribution < 1.29 is 18.7 Å². The molecule has 0 N–H and O–H groups in total. The van der Waals surface area contributed by atoms with Gasteiger partial charge in [0.2, 0.25) is 5.43 Å². The average molecular weight is 452 g/mol. The Morgan fingerprint density at radius 1 is 1.27 bits per heavy atom. The predicted molar refractivity (Wildman–Crippen MR) is 121 cm³/mol. The fourth-order valence-electron chi connectivity index (χ4n) is 4.38. The number of aromatic nitrogens is 2. The Labute approximate surface area is 190 Å². The molecule has 2 aromatic heterocycles. The van der Waals surface area contributed by atoms with Crippen molar-refractivity contribution in [3.05, 3.63) is 64.0 Å². The van der Waals surface area contributed by atoms with Gasteiger partial charge in [-0.3, -0.25) is 9.78 Å². The van der Waals surface area contributed by atoms with E-state index in [2.05, 4.69) is 9.88 Å². The van der Waals surface area contributed by atoms with Crippen molar-refractivity contribution in [1.29, 1.82) is 0 Å². The number of anilines is 1. The quantitative estimate of drug-likeness (QED) is 0.563. The lowest BCUT2D eigenvalue weighted by Crippen LogP contribution is -2.45. The number of hydrogen-bond acceptors (Lipinski definition) is 7. The van der Waals surface area contributed by atoms with E-state index in [0.717, 1.165) is 13.1 Å². The number of nitrogens with zero attached hydrogens (tertiary/aromatic N) is 4. The molecule has 33 heavy (non-hydrogen) atoms. The number of piperazine rings is 1. The molecule has 0 bridgehead atoms. The number of pyridine rings is 2. The summed E-state index contributed by atoms with van der Waals surface area (Å²) in [6.07, 6.45) is 3.11. The molecule has 0 radical (unpaired) electrons. The molecule has 8 nitrogen and oxygen atoms in total. The highest BCUT2D eigenvalue weighted by molar-refractivity contribution is 5.98. The monoisotopic (exact) mass is 452 g/mol. The van der Waals surface area contributed by atoms with Crippen LogP contribution in [0, 0.1) is 5.82 Å². The first-order chi connectivity index (χ1) is 15.9. The first-order valence-corrected chi connectivity index (χ1v) is 11.0. The molecule has 5 rings (SSSR count). The summed E-state index contributed by atoms with van der Waals surface area (Å²) in [6.45, 7) is 5.10. The van der Waals surface area contributed by atoms with E-state index in [0.29, 0.717) is 42.3 Å². The highest BCUT2D eigenvalue weighted by atomic mass is 19.1. The third-order valence-corrected chi connectivity index (χ3v) is 6.26. The zero-order valence-corrected chi connectivity index (χ0v) is 18.6. The van der Waals surface area contributed by atoms with E-state index in [9.17, 15) is 9.59 Å².